The lowest BCUT2D eigenvalue weighted by Gasteiger charge is -2.02. The predicted octanol–water partition coefficient (Wildman–Crippen LogP) is 1.44. The van der Waals surface area contributed by atoms with E-state index in [0.29, 0.717) is 16.8 Å². The van der Waals surface area contributed by atoms with E-state index < -0.39 is 5.76 Å². The van der Waals surface area contributed by atoms with Crippen LogP contribution in [0.15, 0.2) is 21.3 Å². The highest BCUT2D eigenvalue weighted by Gasteiger charge is 2.09. The Morgan fingerprint density at radius 2 is 2.23 bits per heavy atom. The molecule has 0 amide bonds. The van der Waals surface area contributed by atoms with Crippen LogP contribution < -0.4 is 10.5 Å². The molecule has 0 unspecified atom stereocenters. The first-order valence-corrected chi connectivity index (χ1v) is 3.89. The van der Waals surface area contributed by atoms with Crippen molar-refractivity contribution in [2.75, 3.05) is 7.11 Å². The molecule has 0 bridgehead atoms. The normalized spacial score (nSPS) is 10.6. The van der Waals surface area contributed by atoms with Gasteiger partial charge in [0.05, 0.1) is 12.6 Å². The van der Waals surface area contributed by atoms with Crippen LogP contribution in [0.2, 0.25) is 0 Å². The third kappa shape index (κ3) is 1.11. The van der Waals surface area contributed by atoms with Crippen LogP contribution in [-0.2, 0) is 0 Å². The Labute approximate surface area is 74.1 Å². The van der Waals surface area contributed by atoms with Gasteiger partial charge < -0.3 is 9.15 Å². The second kappa shape index (κ2) is 2.65. The SMILES string of the molecule is COc1c(C)ccc2[nH]c(=O)oc12. The number of nitrogens with one attached hydrogen (secondary N) is 1. The number of aryl methyl sites for hydroxylation is 1. The summed E-state index contributed by atoms with van der Waals surface area (Å²) in [6.45, 7) is 1.89. The van der Waals surface area contributed by atoms with Gasteiger partial charge in [0, 0.05) is 0 Å². The first kappa shape index (κ1) is 7.91. The number of hydrogen-bond acceptors (Lipinski definition) is 3. The molecular formula is C9H9NO3. The number of benzene rings is 1. The summed E-state index contributed by atoms with van der Waals surface area (Å²) in [6.07, 6.45) is 0. The molecule has 2 rings (SSSR count). The lowest BCUT2D eigenvalue weighted by molar-refractivity contribution is 0.405. The van der Waals surface area contributed by atoms with Crippen molar-refractivity contribution in [3.8, 4) is 5.75 Å². The molecule has 1 N–H and O–H groups in total. The maximum Gasteiger partial charge on any atom is 0.417 e. The molecule has 68 valence electrons. The van der Waals surface area contributed by atoms with E-state index in [4.69, 9.17) is 9.15 Å². The highest BCUT2D eigenvalue weighted by Crippen LogP contribution is 2.26. The van der Waals surface area contributed by atoms with Gasteiger partial charge in [0.15, 0.2) is 11.3 Å². The molecule has 1 aromatic heterocycles. The summed E-state index contributed by atoms with van der Waals surface area (Å²) in [4.78, 5) is 13.4. The van der Waals surface area contributed by atoms with Gasteiger partial charge in [-0.25, -0.2) is 4.79 Å². The number of oxazole rings is 1. The fraction of sp³-hybridized carbons (Fsp3) is 0.222. The van der Waals surface area contributed by atoms with Crippen molar-refractivity contribution < 1.29 is 9.15 Å². The first-order valence-electron chi connectivity index (χ1n) is 3.89. The molecule has 0 aliphatic heterocycles. The van der Waals surface area contributed by atoms with E-state index in [2.05, 4.69) is 4.98 Å². The Morgan fingerprint density at radius 3 is 2.92 bits per heavy atom. The fourth-order valence-corrected chi connectivity index (χ4v) is 1.34. The largest absolute Gasteiger partial charge is 0.492 e. The number of rotatable bonds is 1. The van der Waals surface area contributed by atoms with Gasteiger partial charge in [-0.15, -0.1) is 0 Å². The van der Waals surface area contributed by atoms with E-state index in [9.17, 15) is 4.79 Å². The number of H-pyrrole nitrogens is 1. The molecule has 0 aliphatic carbocycles. The lowest BCUT2D eigenvalue weighted by atomic mass is 10.2. The molecule has 0 saturated heterocycles. The quantitative estimate of drug-likeness (QED) is 0.720. The molecule has 1 aromatic carbocycles. The summed E-state index contributed by atoms with van der Waals surface area (Å²) in [5.74, 6) is 0.148. The van der Waals surface area contributed by atoms with Crippen molar-refractivity contribution in [1.29, 1.82) is 0 Å². The van der Waals surface area contributed by atoms with Gasteiger partial charge in [0.2, 0.25) is 0 Å². The molecule has 4 heteroatoms. The van der Waals surface area contributed by atoms with Crippen LogP contribution in [0.3, 0.4) is 0 Å². The minimum absolute atomic E-state index is 0.459. The molecule has 0 fully saturated rings. The molecule has 0 radical (unpaired) electrons. The number of hydrogen-bond donors (Lipinski definition) is 1. The summed E-state index contributed by atoms with van der Waals surface area (Å²) in [7, 11) is 1.55. The summed E-state index contributed by atoms with van der Waals surface area (Å²) in [5.41, 5.74) is 2.08. The van der Waals surface area contributed by atoms with Crippen molar-refractivity contribution in [1.82, 2.24) is 4.98 Å². The Kier molecular flexibility index (Phi) is 1.62. The van der Waals surface area contributed by atoms with Gasteiger partial charge in [-0.05, 0) is 18.6 Å². The number of methoxy groups -OCH3 is 1. The molecule has 2 aromatic rings. The molecule has 0 saturated carbocycles. The summed E-state index contributed by atoms with van der Waals surface area (Å²) < 4.78 is 10.1. The zero-order valence-corrected chi connectivity index (χ0v) is 7.38. The highest BCUT2D eigenvalue weighted by atomic mass is 16.5. The number of fused-ring (bicyclic) bond motifs is 1. The topological polar surface area (TPSA) is 55.2 Å². The van der Waals surface area contributed by atoms with Gasteiger partial charge in [-0.1, -0.05) is 6.07 Å². The zero-order chi connectivity index (χ0) is 9.42. The van der Waals surface area contributed by atoms with Crippen molar-refractivity contribution in [3.05, 3.63) is 28.2 Å². The maximum atomic E-state index is 10.9. The summed E-state index contributed by atoms with van der Waals surface area (Å²) in [6, 6.07) is 3.66. The lowest BCUT2D eigenvalue weighted by Crippen LogP contribution is -1.92. The minimum Gasteiger partial charge on any atom is -0.492 e. The Balaban J connectivity index is 2.90. The molecule has 0 atom stereocenters. The van der Waals surface area contributed by atoms with Gasteiger partial charge in [-0.2, -0.15) is 0 Å². The molecule has 0 aliphatic rings. The van der Waals surface area contributed by atoms with Crippen LogP contribution >= 0.6 is 0 Å². The predicted molar refractivity (Wildman–Crippen MR) is 48.1 cm³/mol. The van der Waals surface area contributed by atoms with E-state index in [1.807, 2.05) is 13.0 Å². The van der Waals surface area contributed by atoms with E-state index in [1.165, 1.54) is 0 Å². The Hall–Kier alpha value is -1.71. The third-order valence-electron chi connectivity index (χ3n) is 1.94. The Bertz CT molecular complexity index is 495. The van der Waals surface area contributed by atoms with Crippen molar-refractivity contribution in [2.24, 2.45) is 0 Å². The molecular weight excluding hydrogens is 170 g/mol. The van der Waals surface area contributed by atoms with Crippen LogP contribution in [-0.4, -0.2) is 12.1 Å². The standard InChI is InChI=1S/C9H9NO3/c1-5-3-4-6-8(7(5)12-2)13-9(11)10-6/h3-4H,1-2H3,(H,10,11). The molecule has 0 spiro atoms. The van der Waals surface area contributed by atoms with E-state index in [1.54, 1.807) is 13.2 Å². The molecule has 1 heterocycles. The second-order valence-corrected chi connectivity index (χ2v) is 2.81. The maximum absolute atomic E-state index is 10.9. The van der Waals surface area contributed by atoms with Crippen LogP contribution in [0.25, 0.3) is 11.1 Å². The third-order valence-corrected chi connectivity index (χ3v) is 1.94. The Morgan fingerprint density at radius 1 is 1.46 bits per heavy atom. The second-order valence-electron chi connectivity index (χ2n) is 2.81. The van der Waals surface area contributed by atoms with E-state index in [0.717, 1.165) is 5.56 Å². The first-order chi connectivity index (χ1) is 6.22. The van der Waals surface area contributed by atoms with E-state index in [-0.39, 0.29) is 0 Å². The summed E-state index contributed by atoms with van der Waals surface area (Å²) in [5, 5.41) is 0. The van der Waals surface area contributed by atoms with Crippen LogP contribution in [0.5, 0.6) is 5.75 Å². The number of aromatic nitrogens is 1. The smallest absolute Gasteiger partial charge is 0.417 e. The fourth-order valence-electron chi connectivity index (χ4n) is 1.34. The van der Waals surface area contributed by atoms with Crippen LogP contribution in [0.4, 0.5) is 0 Å². The van der Waals surface area contributed by atoms with Gasteiger partial charge >= 0.3 is 5.76 Å². The van der Waals surface area contributed by atoms with Crippen LogP contribution in [0, 0.1) is 6.92 Å². The minimum atomic E-state index is -0.459. The summed E-state index contributed by atoms with van der Waals surface area (Å²) >= 11 is 0. The van der Waals surface area contributed by atoms with Crippen molar-refractivity contribution in [2.45, 2.75) is 6.92 Å². The average molecular weight is 179 g/mol. The monoisotopic (exact) mass is 179 g/mol. The highest BCUT2D eigenvalue weighted by molar-refractivity contribution is 5.80. The van der Waals surface area contributed by atoms with Crippen molar-refractivity contribution >= 4 is 11.1 Å². The number of ether oxygens (including phenoxy) is 1. The van der Waals surface area contributed by atoms with E-state index >= 15 is 0 Å². The number of aromatic amines is 1. The van der Waals surface area contributed by atoms with Gasteiger partial charge in [0.1, 0.15) is 0 Å². The van der Waals surface area contributed by atoms with Gasteiger partial charge in [0.25, 0.3) is 0 Å². The molecule has 13 heavy (non-hydrogen) atoms. The van der Waals surface area contributed by atoms with Gasteiger partial charge in [-0.3, -0.25) is 4.98 Å². The van der Waals surface area contributed by atoms with Crippen molar-refractivity contribution in [3.63, 3.8) is 0 Å². The van der Waals surface area contributed by atoms with Crippen LogP contribution in [0.1, 0.15) is 5.56 Å². The molecule has 4 nitrogen and oxygen atoms in total. The average Bonchev–Trinajstić information content (AvgIpc) is 2.45. The zero-order valence-electron chi connectivity index (χ0n) is 7.38.